The first kappa shape index (κ1) is 23.6. The van der Waals surface area contributed by atoms with E-state index in [1.165, 1.54) is 18.2 Å². The van der Waals surface area contributed by atoms with Crippen LogP contribution >= 0.6 is 0 Å². The maximum Gasteiger partial charge on any atom is 0.266 e. The number of halogens is 3. The highest BCUT2D eigenvalue weighted by Gasteiger charge is 2.66. The molecule has 0 spiro atoms. The van der Waals surface area contributed by atoms with Crippen LogP contribution in [0.4, 0.5) is 18.9 Å². The van der Waals surface area contributed by atoms with Crippen molar-refractivity contribution in [3.05, 3.63) is 63.3 Å². The van der Waals surface area contributed by atoms with Crippen molar-refractivity contribution >= 4 is 11.6 Å². The molecule has 36 heavy (non-hydrogen) atoms. The third-order valence-electron chi connectivity index (χ3n) is 8.88. The highest BCUT2D eigenvalue weighted by molar-refractivity contribution is 5.99. The molecule has 2 N–H and O–H groups in total. The van der Waals surface area contributed by atoms with Gasteiger partial charge in [-0.2, -0.15) is 0 Å². The molecule has 4 atom stereocenters. The van der Waals surface area contributed by atoms with Gasteiger partial charge >= 0.3 is 0 Å². The molecule has 4 saturated carbocycles. The number of carbonyl (C=O) groups is 1. The minimum absolute atomic E-state index is 0.00362. The van der Waals surface area contributed by atoms with E-state index in [1.807, 2.05) is 0 Å². The number of hydrogen-bond donors (Lipinski definition) is 2. The van der Waals surface area contributed by atoms with Crippen LogP contribution in [0.5, 0.6) is 0 Å². The molecule has 1 aromatic heterocycles. The molecule has 6 nitrogen and oxygen atoms in total. The number of alkyl halides is 2. The van der Waals surface area contributed by atoms with E-state index in [0.29, 0.717) is 23.1 Å². The molecule has 1 amide bonds. The second-order valence-electron chi connectivity index (χ2n) is 11.8. The summed E-state index contributed by atoms with van der Waals surface area (Å²) in [6.45, 7) is 5.71. The molecule has 1 saturated heterocycles. The Morgan fingerprint density at radius 1 is 1.14 bits per heavy atom. The number of pyridine rings is 1. The summed E-state index contributed by atoms with van der Waals surface area (Å²) in [4.78, 5) is 28.9. The Hall–Kier alpha value is -2.81. The van der Waals surface area contributed by atoms with Gasteiger partial charge in [-0.05, 0) is 50.5 Å². The molecule has 5 fully saturated rings. The Bertz CT molecular complexity index is 1280. The first-order chi connectivity index (χ1) is 17.0. The minimum Gasteiger partial charge on any atom is -0.381 e. The van der Waals surface area contributed by atoms with Crippen LogP contribution in [0.1, 0.15) is 67.1 Å². The number of nitrogens with zero attached hydrogens (tertiary/aromatic N) is 2. The van der Waals surface area contributed by atoms with E-state index in [2.05, 4.69) is 29.5 Å². The molecule has 2 aromatic rings. The number of nitrogens with one attached hydrogen (secondary N) is 2. The molecule has 9 heteroatoms. The van der Waals surface area contributed by atoms with Gasteiger partial charge in [-0.15, -0.1) is 0 Å². The molecule has 2 bridgehead atoms. The lowest BCUT2D eigenvalue weighted by molar-refractivity contribution is -0.175. The maximum absolute atomic E-state index is 14.7. The van der Waals surface area contributed by atoms with Crippen molar-refractivity contribution in [2.45, 2.75) is 57.2 Å². The SMILES string of the molecule is C[C@@H](NC(=O)c1cn(C23CC(C)(C2)C3)c(=O)cc1N[C@@H]1[C@@H]2CN(C)C[C@@H]21)c1cccc(C(F)F)c1F. The lowest BCUT2D eigenvalue weighted by Gasteiger charge is -2.69. The van der Waals surface area contributed by atoms with Gasteiger partial charge in [0.1, 0.15) is 5.82 Å². The van der Waals surface area contributed by atoms with Gasteiger partial charge in [0.25, 0.3) is 17.9 Å². The average molecular weight is 501 g/mol. The number of rotatable bonds is 7. The van der Waals surface area contributed by atoms with Crippen molar-refractivity contribution in [2.24, 2.45) is 17.3 Å². The molecular formula is C27H31F3N4O2. The molecule has 5 aliphatic rings. The summed E-state index contributed by atoms with van der Waals surface area (Å²) in [5.74, 6) is -0.519. The number of aromatic nitrogens is 1. The molecule has 192 valence electrons. The zero-order valence-electron chi connectivity index (χ0n) is 20.7. The quantitative estimate of drug-likeness (QED) is 0.596. The van der Waals surface area contributed by atoms with Crippen LogP contribution < -0.4 is 16.2 Å². The van der Waals surface area contributed by atoms with Crippen LogP contribution in [0.15, 0.2) is 35.3 Å². The number of amides is 1. The molecule has 1 aliphatic heterocycles. The average Bonchev–Trinajstić information content (AvgIpc) is 3.21. The molecule has 0 radical (unpaired) electrons. The maximum atomic E-state index is 14.7. The molecule has 4 aliphatic carbocycles. The van der Waals surface area contributed by atoms with Gasteiger partial charge in [0.2, 0.25) is 0 Å². The molecule has 7 rings (SSSR count). The van der Waals surface area contributed by atoms with E-state index < -0.39 is 29.8 Å². The fraction of sp³-hybridized carbons (Fsp3) is 0.556. The normalized spacial score (nSPS) is 32.9. The summed E-state index contributed by atoms with van der Waals surface area (Å²) in [5, 5.41) is 6.22. The Balaban J connectivity index is 1.29. The van der Waals surface area contributed by atoms with Gasteiger partial charge in [-0.25, -0.2) is 13.2 Å². The zero-order chi connectivity index (χ0) is 25.6. The first-order valence-electron chi connectivity index (χ1n) is 12.6. The van der Waals surface area contributed by atoms with Crippen molar-refractivity contribution in [2.75, 3.05) is 25.5 Å². The largest absolute Gasteiger partial charge is 0.381 e. The van der Waals surface area contributed by atoms with E-state index in [0.717, 1.165) is 38.4 Å². The van der Waals surface area contributed by atoms with Gasteiger partial charge < -0.3 is 20.1 Å². The number of hydrogen-bond acceptors (Lipinski definition) is 4. The second kappa shape index (κ2) is 7.84. The Morgan fingerprint density at radius 3 is 2.39 bits per heavy atom. The lowest BCUT2D eigenvalue weighted by Crippen LogP contribution is -2.68. The Morgan fingerprint density at radius 2 is 1.78 bits per heavy atom. The summed E-state index contributed by atoms with van der Waals surface area (Å²) in [7, 11) is 2.08. The lowest BCUT2D eigenvalue weighted by atomic mass is 9.40. The predicted octanol–water partition coefficient (Wildman–Crippen LogP) is 4.29. The van der Waals surface area contributed by atoms with Crippen molar-refractivity contribution in [1.29, 1.82) is 0 Å². The third-order valence-corrected chi connectivity index (χ3v) is 8.88. The zero-order valence-corrected chi connectivity index (χ0v) is 20.7. The summed E-state index contributed by atoms with van der Waals surface area (Å²) in [5.41, 5.74) is 0.00704. The highest BCUT2D eigenvalue weighted by Crippen LogP contribution is 2.70. The van der Waals surface area contributed by atoms with Crippen LogP contribution in [0.25, 0.3) is 0 Å². The number of benzene rings is 1. The standard InChI is InChI=1S/C27H31F3N4O2/c1-14(15-5-4-6-16(22(15)28)24(29)30)31-25(36)19-10-34(27-11-26(2,12-27)13-27)21(35)7-20(19)32-23-17-8-33(3)9-18(17)23/h4-7,10,14,17-18,23-24,32H,8-9,11-13H2,1-3H3,(H,31,36)/t14-,17-,18+,23-,26?,27?/m1/s1. The van der Waals surface area contributed by atoms with Crippen LogP contribution in [0.2, 0.25) is 0 Å². The topological polar surface area (TPSA) is 66.4 Å². The summed E-state index contributed by atoms with van der Waals surface area (Å²) in [6, 6.07) is 4.68. The molecule has 2 heterocycles. The van der Waals surface area contributed by atoms with E-state index in [-0.39, 0.29) is 28.1 Å². The van der Waals surface area contributed by atoms with Gasteiger partial charge in [0.15, 0.2) is 0 Å². The summed E-state index contributed by atoms with van der Waals surface area (Å²) < 4.78 is 42.8. The number of likely N-dealkylation sites (tertiary alicyclic amines) is 1. The Labute approximate surface area is 207 Å². The number of carbonyl (C=O) groups excluding carboxylic acids is 1. The third kappa shape index (κ3) is 3.57. The van der Waals surface area contributed by atoms with Gasteiger partial charge in [0, 0.05) is 42.5 Å². The fourth-order valence-electron chi connectivity index (χ4n) is 7.24. The van der Waals surface area contributed by atoms with E-state index in [9.17, 15) is 22.8 Å². The van der Waals surface area contributed by atoms with Crippen LogP contribution in [-0.2, 0) is 5.54 Å². The van der Waals surface area contributed by atoms with Crippen LogP contribution in [0.3, 0.4) is 0 Å². The summed E-state index contributed by atoms with van der Waals surface area (Å²) >= 11 is 0. The van der Waals surface area contributed by atoms with Crippen LogP contribution in [0, 0.1) is 23.1 Å². The second-order valence-corrected chi connectivity index (χ2v) is 11.8. The van der Waals surface area contributed by atoms with Crippen molar-refractivity contribution < 1.29 is 18.0 Å². The van der Waals surface area contributed by atoms with Gasteiger partial charge in [-0.1, -0.05) is 25.1 Å². The summed E-state index contributed by atoms with van der Waals surface area (Å²) in [6.07, 6.45) is 1.43. The minimum atomic E-state index is -2.95. The highest BCUT2D eigenvalue weighted by atomic mass is 19.3. The molecule has 1 aromatic carbocycles. The van der Waals surface area contributed by atoms with Crippen LogP contribution in [-0.4, -0.2) is 41.6 Å². The van der Waals surface area contributed by atoms with E-state index in [4.69, 9.17) is 0 Å². The van der Waals surface area contributed by atoms with Crippen molar-refractivity contribution in [3.63, 3.8) is 0 Å². The predicted molar refractivity (Wildman–Crippen MR) is 130 cm³/mol. The number of piperidine rings is 1. The van der Waals surface area contributed by atoms with Crippen molar-refractivity contribution in [1.82, 2.24) is 14.8 Å². The van der Waals surface area contributed by atoms with E-state index in [1.54, 1.807) is 17.7 Å². The van der Waals surface area contributed by atoms with Gasteiger partial charge in [0.05, 0.1) is 22.9 Å². The monoisotopic (exact) mass is 500 g/mol. The number of fused-ring (bicyclic) bond motifs is 1. The molecular weight excluding hydrogens is 469 g/mol. The smallest absolute Gasteiger partial charge is 0.266 e. The molecule has 0 unspecified atom stereocenters. The fourth-order valence-corrected chi connectivity index (χ4v) is 7.24. The first-order valence-corrected chi connectivity index (χ1v) is 12.6. The van der Waals surface area contributed by atoms with Gasteiger partial charge in [-0.3, -0.25) is 9.59 Å². The van der Waals surface area contributed by atoms with Crippen molar-refractivity contribution in [3.8, 4) is 0 Å². The number of anilines is 1. The van der Waals surface area contributed by atoms with E-state index >= 15 is 0 Å². The Kier molecular flexibility index (Phi) is 5.14.